The first kappa shape index (κ1) is 13.7. The Bertz CT molecular complexity index is 915. The van der Waals surface area contributed by atoms with Crippen molar-refractivity contribution in [1.82, 2.24) is 9.97 Å². The van der Waals surface area contributed by atoms with Gasteiger partial charge in [0.25, 0.3) is 0 Å². The lowest BCUT2D eigenvalue weighted by Crippen LogP contribution is -2.10. The lowest BCUT2D eigenvalue weighted by molar-refractivity contribution is 0.579. The van der Waals surface area contributed by atoms with Crippen LogP contribution in [0.4, 0.5) is 8.78 Å². The molecule has 1 aliphatic heterocycles. The lowest BCUT2D eigenvalue weighted by atomic mass is 9.95. The Morgan fingerprint density at radius 1 is 0.870 bits per heavy atom. The van der Waals surface area contributed by atoms with E-state index in [-0.39, 0.29) is 12.1 Å². The Hall–Kier alpha value is -2.95. The van der Waals surface area contributed by atoms with E-state index in [0.29, 0.717) is 11.3 Å². The molecule has 2 aromatic carbocycles. The molecule has 0 saturated carbocycles. The van der Waals surface area contributed by atoms with E-state index in [1.807, 2.05) is 18.2 Å². The number of aromatic nitrogens is 2. The van der Waals surface area contributed by atoms with Gasteiger partial charge in [-0.05, 0) is 12.1 Å². The molecule has 0 amide bonds. The maximum Gasteiger partial charge on any atom is 0.135 e. The molecule has 23 heavy (non-hydrogen) atoms. The SMILES string of the molecule is Fc1cccc(F)c1C1=NCc2cncnc2-c2ccccc21. The first-order valence-corrected chi connectivity index (χ1v) is 7.13. The zero-order valence-electron chi connectivity index (χ0n) is 12.0. The van der Waals surface area contributed by atoms with Gasteiger partial charge in [-0.25, -0.2) is 18.7 Å². The van der Waals surface area contributed by atoms with Crippen molar-refractivity contribution in [3.05, 3.63) is 83.3 Å². The van der Waals surface area contributed by atoms with E-state index in [2.05, 4.69) is 15.0 Å². The summed E-state index contributed by atoms with van der Waals surface area (Å²) in [5.41, 5.74) is 3.21. The summed E-state index contributed by atoms with van der Waals surface area (Å²) in [4.78, 5) is 12.8. The molecule has 0 unspecified atom stereocenters. The van der Waals surface area contributed by atoms with Crippen LogP contribution in [0.15, 0.2) is 60.0 Å². The minimum atomic E-state index is -0.629. The topological polar surface area (TPSA) is 38.1 Å². The molecule has 3 nitrogen and oxygen atoms in total. The predicted molar refractivity (Wildman–Crippen MR) is 83.2 cm³/mol. The van der Waals surface area contributed by atoms with E-state index in [0.717, 1.165) is 16.8 Å². The minimum Gasteiger partial charge on any atom is -0.279 e. The molecule has 3 aromatic rings. The van der Waals surface area contributed by atoms with Crippen LogP contribution in [-0.4, -0.2) is 15.7 Å². The average molecular weight is 307 g/mol. The fourth-order valence-corrected chi connectivity index (χ4v) is 2.80. The summed E-state index contributed by atoms with van der Waals surface area (Å²) < 4.78 is 28.5. The summed E-state index contributed by atoms with van der Waals surface area (Å²) in [6.45, 7) is 0.272. The molecular formula is C18H11F2N3. The van der Waals surface area contributed by atoms with Crippen molar-refractivity contribution in [2.24, 2.45) is 4.99 Å². The van der Waals surface area contributed by atoms with Crippen LogP contribution in [0.3, 0.4) is 0 Å². The second kappa shape index (κ2) is 5.35. The van der Waals surface area contributed by atoms with Crippen LogP contribution in [0.1, 0.15) is 16.7 Å². The van der Waals surface area contributed by atoms with Crippen molar-refractivity contribution in [2.75, 3.05) is 0 Å². The molecule has 0 bridgehead atoms. The number of rotatable bonds is 1. The summed E-state index contributed by atoms with van der Waals surface area (Å²) in [5, 5.41) is 0. The molecule has 1 aromatic heterocycles. The maximum absolute atomic E-state index is 14.2. The van der Waals surface area contributed by atoms with Gasteiger partial charge in [0.2, 0.25) is 0 Å². The van der Waals surface area contributed by atoms with E-state index < -0.39 is 11.6 Å². The average Bonchev–Trinajstić information content (AvgIpc) is 2.73. The Morgan fingerprint density at radius 3 is 2.39 bits per heavy atom. The van der Waals surface area contributed by atoms with Crippen molar-refractivity contribution in [2.45, 2.75) is 6.54 Å². The van der Waals surface area contributed by atoms with E-state index in [1.54, 1.807) is 12.3 Å². The standard InChI is InChI=1S/C18H11F2N3/c19-14-6-3-7-15(20)16(14)18-13-5-2-1-4-12(13)17-11(9-22-18)8-21-10-23-17/h1-8,10H,9H2. The predicted octanol–water partition coefficient (Wildman–Crippen LogP) is 3.77. The highest BCUT2D eigenvalue weighted by Crippen LogP contribution is 2.31. The van der Waals surface area contributed by atoms with Crippen molar-refractivity contribution < 1.29 is 8.78 Å². The molecule has 2 heterocycles. The normalized spacial score (nSPS) is 12.9. The van der Waals surface area contributed by atoms with Crippen LogP contribution in [0.25, 0.3) is 11.3 Å². The highest BCUT2D eigenvalue weighted by atomic mass is 19.1. The van der Waals surface area contributed by atoms with Crippen LogP contribution in [0.5, 0.6) is 0 Å². The summed E-state index contributed by atoms with van der Waals surface area (Å²) in [6.07, 6.45) is 3.15. The summed E-state index contributed by atoms with van der Waals surface area (Å²) in [6, 6.07) is 11.2. The fraction of sp³-hybridized carbons (Fsp3) is 0.0556. The molecule has 0 fully saturated rings. The molecule has 112 valence electrons. The zero-order chi connectivity index (χ0) is 15.8. The largest absolute Gasteiger partial charge is 0.279 e. The van der Waals surface area contributed by atoms with Crippen LogP contribution in [-0.2, 0) is 6.54 Å². The number of fused-ring (bicyclic) bond motifs is 3. The van der Waals surface area contributed by atoms with Crippen molar-refractivity contribution in [3.63, 3.8) is 0 Å². The Morgan fingerprint density at radius 2 is 1.61 bits per heavy atom. The van der Waals surface area contributed by atoms with E-state index in [9.17, 15) is 8.78 Å². The Kier molecular flexibility index (Phi) is 3.19. The monoisotopic (exact) mass is 307 g/mol. The number of halogens is 2. The fourth-order valence-electron chi connectivity index (χ4n) is 2.80. The third-order valence-corrected chi connectivity index (χ3v) is 3.83. The summed E-state index contributed by atoms with van der Waals surface area (Å²) in [5.74, 6) is -1.26. The first-order valence-electron chi connectivity index (χ1n) is 7.13. The smallest absolute Gasteiger partial charge is 0.135 e. The second-order valence-corrected chi connectivity index (χ2v) is 5.20. The van der Waals surface area contributed by atoms with Crippen LogP contribution in [0.2, 0.25) is 0 Å². The van der Waals surface area contributed by atoms with E-state index in [4.69, 9.17) is 0 Å². The zero-order valence-corrected chi connectivity index (χ0v) is 12.0. The number of hydrogen-bond acceptors (Lipinski definition) is 3. The number of nitrogens with zero attached hydrogens (tertiary/aromatic N) is 3. The molecule has 0 aliphatic carbocycles. The first-order chi connectivity index (χ1) is 11.3. The van der Waals surface area contributed by atoms with Crippen molar-refractivity contribution >= 4 is 5.71 Å². The van der Waals surface area contributed by atoms with Gasteiger partial charge >= 0.3 is 0 Å². The number of hydrogen-bond donors (Lipinski definition) is 0. The number of aliphatic imine (C=N–C) groups is 1. The molecule has 0 spiro atoms. The number of benzene rings is 2. The third-order valence-electron chi connectivity index (χ3n) is 3.83. The van der Waals surface area contributed by atoms with E-state index in [1.165, 1.54) is 24.5 Å². The minimum absolute atomic E-state index is 0.110. The molecule has 4 rings (SSSR count). The van der Waals surface area contributed by atoms with Crippen LogP contribution in [0, 0.1) is 11.6 Å². The quantitative estimate of drug-likeness (QED) is 0.686. The molecule has 0 radical (unpaired) electrons. The molecule has 1 aliphatic rings. The third kappa shape index (κ3) is 2.21. The van der Waals surface area contributed by atoms with E-state index >= 15 is 0 Å². The molecule has 5 heteroatoms. The highest BCUT2D eigenvalue weighted by molar-refractivity contribution is 6.17. The second-order valence-electron chi connectivity index (χ2n) is 5.20. The van der Waals surface area contributed by atoms with Crippen molar-refractivity contribution in [3.8, 4) is 11.3 Å². The highest BCUT2D eigenvalue weighted by Gasteiger charge is 2.23. The molecule has 0 atom stereocenters. The van der Waals surface area contributed by atoms with Gasteiger partial charge < -0.3 is 0 Å². The van der Waals surface area contributed by atoms with Crippen molar-refractivity contribution in [1.29, 1.82) is 0 Å². The van der Waals surface area contributed by atoms with Gasteiger partial charge in [-0.15, -0.1) is 0 Å². The Labute approximate surface area is 131 Å². The maximum atomic E-state index is 14.2. The van der Waals surface area contributed by atoms with Gasteiger partial charge in [-0.3, -0.25) is 4.99 Å². The summed E-state index contributed by atoms with van der Waals surface area (Å²) in [7, 11) is 0. The van der Waals surface area contributed by atoms with Gasteiger partial charge in [0.05, 0.1) is 23.5 Å². The van der Waals surface area contributed by atoms with Gasteiger partial charge in [0.15, 0.2) is 0 Å². The molecule has 0 saturated heterocycles. The molecular weight excluding hydrogens is 296 g/mol. The van der Waals surface area contributed by atoms with Gasteiger partial charge in [0.1, 0.15) is 18.0 Å². The van der Waals surface area contributed by atoms with Crippen LogP contribution < -0.4 is 0 Å². The van der Waals surface area contributed by atoms with Gasteiger partial charge in [-0.1, -0.05) is 30.3 Å². The van der Waals surface area contributed by atoms with Gasteiger partial charge in [-0.2, -0.15) is 0 Å². The molecule has 0 N–H and O–H groups in total. The summed E-state index contributed by atoms with van der Waals surface area (Å²) >= 11 is 0. The lowest BCUT2D eigenvalue weighted by Gasteiger charge is -2.11. The van der Waals surface area contributed by atoms with Crippen LogP contribution >= 0.6 is 0 Å². The Balaban J connectivity index is 2.02. The van der Waals surface area contributed by atoms with Gasteiger partial charge in [0, 0.05) is 22.9 Å².